The summed E-state index contributed by atoms with van der Waals surface area (Å²) < 4.78 is 34.5. The van der Waals surface area contributed by atoms with E-state index >= 15 is 0 Å². The van der Waals surface area contributed by atoms with Gasteiger partial charge in [-0.3, -0.25) is 0 Å². The number of hydrogen-bond donors (Lipinski definition) is 0. The summed E-state index contributed by atoms with van der Waals surface area (Å²) in [6, 6.07) is -0.211. The topological polar surface area (TPSA) is 92.8 Å². The first kappa shape index (κ1) is 32.8. The molecular weight excluding hydrogens is 490 g/mol. The van der Waals surface area contributed by atoms with Crippen molar-refractivity contribution in [2.45, 2.75) is 123 Å². The fourth-order valence-corrected chi connectivity index (χ4v) is 5.07. The second-order valence-electron chi connectivity index (χ2n) is 12.6. The lowest BCUT2D eigenvalue weighted by Gasteiger charge is -2.42. The Morgan fingerprint density at radius 3 is 2.16 bits per heavy atom. The Morgan fingerprint density at radius 2 is 1.55 bits per heavy atom. The number of rotatable bonds is 12. The molecule has 2 aliphatic rings. The van der Waals surface area contributed by atoms with E-state index in [0.717, 1.165) is 38.5 Å². The Bertz CT molecular complexity index is 708. The highest BCUT2D eigenvalue weighted by atomic mass is 16.7. The van der Waals surface area contributed by atoms with Crippen molar-refractivity contribution in [2.24, 2.45) is 11.8 Å². The Kier molecular flexibility index (Phi) is 13.3. The number of likely N-dealkylation sites (tertiary alicyclic amines) is 1. The zero-order chi connectivity index (χ0) is 28.3. The van der Waals surface area contributed by atoms with Crippen LogP contribution in [0.25, 0.3) is 0 Å². The Balaban J connectivity index is 1.83. The van der Waals surface area contributed by atoms with E-state index in [9.17, 15) is 9.59 Å². The number of ether oxygens (including phenoxy) is 6. The second kappa shape index (κ2) is 15.4. The van der Waals surface area contributed by atoms with Crippen LogP contribution in [0.4, 0.5) is 4.79 Å². The fraction of sp³-hybridized carbons (Fsp3) is 0.931. The van der Waals surface area contributed by atoms with Crippen LogP contribution in [0.2, 0.25) is 0 Å². The molecule has 3 atom stereocenters. The average molecular weight is 544 g/mol. The summed E-state index contributed by atoms with van der Waals surface area (Å²) in [6.07, 6.45) is 5.41. The maximum absolute atomic E-state index is 13.0. The lowest BCUT2D eigenvalue weighted by molar-refractivity contribution is -0.160. The molecule has 9 heteroatoms. The average Bonchev–Trinajstić information content (AvgIpc) is 2.81. The molecule has 0 bridgehead atoms. The first-order chi connectivity index (χ1) is 17.8. The summed E-state index contributed by atoms with van der Waals surface area (Å²) in [6.45, 7) is 17.7. The summed E-state index contributed by atoms with van der Waals surface area (Å²) in [4.78, 5) is 26.6. The number of hydrogen-bond acceptors (Lipinski definition) is 8. The van der Waals surface area contributed by atoms with Crippen LogP contribution in [0.5, 0.6) is 0 Å². The van der Waals surface area contributed by atoms with E-state index in [1.165, 1.54) is 0 Å². The minimum absolute atomic E-state index is 0.0118. The largest absolute Gasteiger partial charge is 0.458 e. The van der Waals surface area contributed by atoms with E-state index in [-0.39, 0.29) is 43.7 Å². The Morgan fingerprint density at radius 1 is 0.895 bits per heavy atom. The quantitative estimate of drug-likeness (QED) is 0.185. The molecule has 9 nitrogen and oxygen atoms in total. The number of carbonyl (C=O) groups is 2. The molecule has 1 amide bonds. The molecule has 1 saturated carbocycles. The summed E-state index contributed by atoms with van der Waals surface area (Å²) in [5.74, 6) is 0.563. The van der Waals surface area contributed by atoms with E-state index in [2.05, 4.69) is 6.92 Å². The lowest BCUT2D eigenvalue weighted by Crippen LogP contribution is -2.55. The highest BCUT2D eigenvalue weighted by Gasteiger charge is 2.38. The SMILES string of the molecule is CCOCOC1CCCN(C(=O)OC(C)(C)C)C1COC1CCC(C(C)COCC(=O)OC(C)(C)C)CC1. The van der Waals surface area contributed by atoms with Gasteiger partial charge in [0.15, 0.2) is 0 Å². The molecule has 3 unspecified atom stereocenters. The van der Waals surface area contributed by atoms with Gasteiger partial charge >= 0.3 is 12.1 Å². The van der Waals surface area contributed by atoms with E-state index in [1.54, 1.807) is 4.90 Å². The fourth-order valence-electron chi connectivity index (χ4n) is 5.07. The molecule has 0 aromatic rings. The van der Waals surface area contributed by atoms with Crippen LogP contribution < -0.4 is 0 Å². The molecule has 1 saturated heterocycles. The highest BCUT2D eigenvalue weighted by molar-refractivity contribution is 5.71. The van der Waals surface area contributed by atoms with Gasteiger partial charge in [0.25, 0.3) is 0 Å². The van der Waals surface area contributed by atoms with Crippen LogP contribution in [0.15, 0.2) is 0 Å². The van der Waals surface area contributed by atoms with Gasteiger partial charge in [0, 0.05) is 13.2 Å². The van der Waals surface area contributed by atoms with Crippen LogP contribution in [-0.4, -0.2) is 86.2 Å². The summed E-state index contributed by atoms with van der Waals surface area (Å²) in [5, 5.41) is 0. The molecule has 0 radical (unpaired) electrons. The smallest absolute Gasteiger partial charge is 0.410 e. The molecule has 38 heavy (non-hydrogen) atoms. The normalized spacial score (nSPS) is 25.6. The van der Waals surface area contributed by atoms with Crippen molar-refractivity contribution >= 4 is 12.1 Å². The van der Waals surface area contributed by atoms with Gasteiger partial charge in [-0.25, -0.2) is 9.59 Å². The summed E-state index contributed by atoms with van der Waals surface area (Å²) >= 11 is 0. The third-order valence-electron chi connectivity index (χ3n) is 6.96. The van der Waals surface area contributed by atoms with Crippen molar-refractivity contribution < 1.29 is 38.0 Å². The highest BCUT2D eigenvalue weighted by Crippen LogP contribution is 2.33. The first-order valence-electron chi connectivity index (χ1n) is 14.4. The van der Waals surface area contributed by atoms with Crippen LogP contribution in [0.3, 0.4) is 0 Å². The zero-order valence-corrected chi connectivity index (χ0v) is 25.1. The van der Waals surface area contributed by atoms with Crippen molar-refractivity contribution in [3.63, 3.8) is 0 Å². The van der Waals surface area contributed by atoms with Gasteiger partial charge in [0.1, 0.15) is 24.6 Å². The molecule has 222 valence electrons. The van der Waals surface area contributed by atoms with Crippen molar-refractivity contribution in [1.82, 2.24) is 4.90 Å². The monoisotopic (exact) mass is 543 g/mol. The van der Waals surface area contributed by atoms with E-state index < -0.39 is 11.2 Å². The number of carbonyl (C=O) groups excluding carboxylic acids is 2. The van der Waals surface area contributed by atoms with E-state index in [0.29, 0.717) is 38.2 Å². The first-order valence-corrected chi connectivity index (χ1v) is 14.4. The number of amides is 1. The van der Waals surface area contributed by atoms with Crippen molar-refractivity contribution in [2.75, 3.05) is 39.8 Å². The molecule has 2 rings (SSSR count). The Labute approximate surface area is 230 Å². The van der Waals surface area contributed by atoms with Crippen LogP contribution in [0.1, 0.15) is 93.9 Å². The maximum atomic E-state index is 13.0. The maximum Gasteiger partial charge on any atom is 0.410 e. The summed E-state index contributed by atoms with van der Waals surface area (Å²) in [5.41, 5.74) is -1.06. The molecule has 1 aliphatic heterocycles. The van der Waals surface area contributed by atoms with Gasteiger partial charge in [-0.1, -0.05) is 6.92 Å². The zero-order valence-electron chi connectivity index (χ0n) is 25.1. The van der Waals surface area contributed by atoms with Crippen molar-refractivity contribution in [3.8, 4) is 0 Å². The molecular formula is C29H53NO8. The van der Waals surface area contributed by atoms with Gasteiger partial charge in [-0.05, 0) is 98.8 Å². The van der Waals surface area contributed by atoms with Gasteiger partial charge in [-0.2, -0.15) is 0 Å². The van der Waals surface area contributed by atoms with Gasteiger partial charge in [0.05, 0.1) is 31.5 Å². The third-order valence-corrected chi connectivity index (χ3v) is 6.96. The molecule has 0 N–H and O–H groups in total. The van der Waals surface area contributed by atoms with Crippen LogP contribution >= 0.6 is 0 Å². The molecule has 1 aliphatic carbocycles. The lowest BCUT2D eigenvalue weighted by atomic mass is 9.80. The Hall–Kier alpha value is -1.42. The molecule has 0 spiro atoms. The third kappa shape index (κ3) is 12.2. The van der Waals surface area contributed by atoms with E-state index in [1.807, 2.05) is 48.5 Å². The molecule has 0 aromatic heterocycles. The van der Waals surface area contributed by atoms with Crippen LogP contribution in [0, 0.1) is 11.8 Å². The standard InChI is InChI=1S/C29H53NO8/c1-9-33-20-36-25-11-10-16-30(27(32)38-29(6,7)8)24(25)18-35-23-14-12-22(13-15-23)21(2)17-34-19-26(31)37-28(3,4)5/h21-25H,9-20H2,1-8H3. The summed E-state index contributed by atoms with van der Waals surface area (Å²) in [7, 11) is 0. The predicted octanol–water partition coefficient (Wildman–Crippen LogP) is 5.33. The minimum Gasteiger partial charge on any atom is -0.458 e. The predicted molar refractivity (Wildman–Crippen MR) is 145 cm³/mol. The van der Waals surface area contributed by atoms with Gasteiger partial charge in [-0.15, -0.1) is 0 Å². The van der Waals surface area contributed by atoms with Gasteiger partial charge < -0.3 is 33.3 Å². The molecule has 0 aromatic carbocycles. The molecule has 1 heterocycles. The van der Waals surface area contributed by atoms with Gasteiger partial charge in [0.2, 0.25) is 0 Å². The van der Waals surface area contributed by atoms with Crippen LogP contribution in [-0.2, 0) is 33.2 Å². The number of esters is 1. The second-order valence-corrected chi connectivity index (χ2v) is 12.6. The molecule has 2 fully saturated rings. The minimum atomic E-state index is -0.562. The number of piperidine rings is 1. The van der Waals surface area contributed by atoms with E-state index in [4.69, 9.17) is 28.4 Å². The van der Waals surface area contributed by atoms with Crippen molar-refractivity contribution in [1.29, 1.82) is 0 Å². The van der Waals surface area contributed by atoms with Crippen molar-refractivity contribution in [3.05, 3.63) is 0 Å². The number of nitrogens with zero attached hydrogens (tertiary/aromatic N) is 1.